The Morgan fingerprint density at radius 3 is 2.25 bits per heavy atom. The second kappa shape index (κ2) is 9.74. The van der Waals surface area contributed by atoms with Crippen LogP contribution in [0.25, 0.3) is 0 Å². The van der Waals surface area contributed by atoms with E-state index in [0.29, 0.717) is 24.4 Å². The SMILES string of the molecule is CC(C(=O)NC(C)(C)C)N(Cc1ccccc1Cl)C(=O)CCc1ccccc1. The Labute approximate surface area is 172 Å². The number of benzene rings is 2. The fraction of sp³-hybridized carbons (Fsp3) is 0.391. The summed E-state index contributed by atoms with van der Waals surface area (Å²) in [7, 11) is 0. The molecule has 0 aliphatic carbocycles. The molecule has 2 aromatic carbocycles. The second-order valence-corrected chi connectivity index (χ2v) is 8.42. The Kier molecular flexibility index (Phi) is 7.64. The van der Waals surface area contributed by atoms with Crippen LogP contribution in [0.1, 0.15) is 45.2 Å². The van der Waals surface area contributed by atoms with Gasteiger partial charge in [0.15, 0.2) is 0 Å². The fourth-order valence-corrected chi connectivity index (χ4v) is 3.10. The molecule has 1 unspecified atom stereocenters. The van der Waals surface area contributed by atoms with Crippen LogP contribution in [0.3, 0.4) is 0 Å². The maximum absolute atomic E-state index is 13.0. The molecule has 2 amide bonds. The van der Waals surface area contributed by atoms with Gasteiger partial charge in [-0.1, -0.05) is 60.1 Å². The molecule has 4 nitrogen and oxygen atoms in total. The topological polar surface area (TPSA) is 49.4 Å². The van der Waals surface area contributed by atoms with Crippen molar-refractivity contribution in [3.63, 3.8) is 0 Å². The summed E-state index contributed by atoms with van der Waals surface area (Å²) in [6.07, 6.45) is 0.966. The highest BCUT2D eigenvalue weighted by atomic mass is 35.5. The second-order valence-electron chi connectivity index (χ2n) is 8.01. The Morgan fingerprint density at radius 2 is 1.64 bits per heavy atom. The summed E-state index contributed by atoms with van der Waals surface area (Å²) in [6.45, 7) is 7.83. The molecule has 1 atom stereocenters. The van der Waals surface area contributed by atoms with Crippen molar-refractivity contribution in [2.24, 2.45) is 0 Å². The molecule has 0 radical (unpaired) electrons. The van der Waals surface area contributed by atoms with E-state index >= 15 is 0 Å². The summed E-state index contributed by atoms with van der Waals surface area (Å²) in [4.78, 5) is 27.4. The van der Waals surface area contributed by atoms with E-state index in [-0.39, 0.29) is 17.4 Å². The largest absolute Gasteiger partial charge is 0.350 e. The average molecular weight is 401 g/mol. The number of amides is 2. The molecule has 2 aromatic rings. The molecule has 150 valence electrons. The van der Waals surface area contributed by atoms with Gasteiger partial charge in [0.2, 0.25) is 11.8 Å². The first-order chi connectivity index (χ1) is 13.2. The Bertz CT molecular complexity index is 800. The van der Waals surface area contributed by atoms with E-state index in [2.05, 4.69) is 5.32 Å². The van der Waals surface area contributed by atoms with Crippen LogP contribution >= 0.6 is 11.6 Å². The molecule has 0 aliphatic heterocycles. The number of hydrogen-bond acceptors (Lipinski definition) is 2. The van der Waals surface area contributed by atoms with Crippen molar-refractivity contribution >= 4 is 23.4 Å². The lowest BCUT2D eigenvalue weighted by molar-refractivity contribution is -0.141. The lowest BCUT2D eigenvalue weighted by Crippen LogP contribution is -2.52. The number of hydrogen-bond donors (Lipinski definition) is 1. The van der Waals surface area contributed by atoms with Crippen molar-refractivity contribution in [1.29, 1.82) is 0 Å². The van der Waals surface area contributed by atoms with Crippen LogP contribution in [0.5, 0.6) is 0 Å². The predicted octanol–water partition coefficient (Wildman–Crippen LogP) is 4.60. The first-order valence-electron chi connectivity index (χ1n) is 9.56. The van der Waals surface area contributed by atoms with Gasteiger partial charge >= 0.3 is 0 Å². The molecule has 28 heavy (non-hydrogen) atoms. The number of carbonyl (C=O) groups is 2. The van der Waals surface area contributed by atoms with Crippen LogP contribution in [0.4, 0.5) is 0 Å². The van der Waals surface area contributed by atoms with Gasteiger partial charge in [-0.25, -0.2) is 0 Å². The zero-order chi connectivity index (χ0) is 20.7. The first kappa shape index (κ1) is 22.0. The number of aryl methyl sites for hydroxylation is 1. The van der Waals surface area contributed by atoms with Gasteiger partial charge in [-0.2, -0.15) is 0 Å². The van der Waals surface area contributed by atoms with Crippen molar-refractivity contribution < 1.29 is 9.59 Å². The van der Waals surface area contributed by atoms with Crippen LogP contribution in [0.2, 0.25) is 5.02 Å². The van der Waals surface area contributed by atoms with Crippen LogP contribution in [0, 0.1) is 0 Å². The van der Waals surface area contributed by atoms with Crippen molar-refractivity contribution in [2.45, 2.75) is 58.7 Å². The summed E-state index contributed by atoms with van der Waals surface area (Å²) >= 11 is 6.30. The van der Waals surface area contributed by atoms with Gasteiger partial charge < -0.3 is 10.2 Å². The maximum atomic E-state index is 13.0. The minimum absolute atomic E-state index is 0.0691. The molecular weight excluding hydrogens is 372 g/mol. The molecule has 0 spiro atoms. The number of carbonyl (C=O) groups excluding carboxylic acids is 2. The molecule has 0 heterocycles. The minimum Gasteiger partial charge on any atom is -0.350 e. The highest BCUT2D eigenvalue weighted by Crippen LogP contribution is 2.20. The molecule has 0 fully saturated rings. The highest BCUT2D eigenvalue weighted by molar-refractivity contribution is 6.31. The third-order valence-electron chi connectivity index (χ3n) is 4.43. The standard InChI is InChI=1S/C23H29ClN2O2/c1-17(22(28)25-23(2,3)4)26(16-19-12-8-9-13-20(19)24)21(27)15-14-18-10-6-5-7-11-18/h5-13,17H,14-16H2,1-4H3,(H,25,28). The van der Waals surface area contributed by atoms with Crippen molar-refractivity contribution in [1.82, 2.24) is 10.2 Å². The Hall–Kier alpha value is -2.33. The third kappa shape index (κ3) is 6.68. The molecule has 0 saturated carbocycles. The van der Waals surface area contributed by atoms with Crippen molar-refractivity contribution in [2.75, 3.05) is 0 Å². The number of rotatable bonds is 7. The van der Waals surface area contributed by atoms with Crippen LogP contribution in [-0.2, 0) is 22.6 Å². The fourth-order valence-electron chi connectivity index (χ4n) is 2.91. The number of halogens is 1. The van der Waals surface area contributed by atoms with Crippen LogP contribution in [-0.4, -0.2) is 28.3 Å². The van der Waals surface area contributed by atoms with E-state index in [4.69, 9.17) is 11.6 Å². The zero-order valence-electron chi connectivity index (χ0n) is 17.0. The van der Waals surface area contributed by atoms with Gasteiger partial charge in [0.25, 0.3) is 0 Å². The van der Waals surface area contributed by atoms with E-state index in [1.807, 2.05) is 69.3 Å². The van der Waals surface area contributed by atoms with Gasteiger partial charge in [-0.3, -0.25) is 9.59 Å². The van der Waals surface area contributed by atoms with E-state index < -0.39 is 6.04 Å². The Morgan fingerprint density at radius 1 is 1.04 bits per heavy atom. The summed E-state index contributed by atoms with van der Waals surface area (Å²) in [6, 6.07) is 16.7. The first-order valence-corrected chi connectivity index (χ1v) is 9.94. The molecular formula is C23H29ClN2O2. The molecule has 5 heteroatoms. The lowest BCUT2D eigenvalue weighted by Gasteiger charge is -2.31. The van der Waals surface area contributed by atoms with Gasteiger partial charge in [-0.05, 0) is 51.3 Å². The molecule has 0 saturated heterocycles. The highest BCUT2D eigenvalue weighted by Gasteiger charge is 2.28. The third-order valence-corrected chi connectivity index (χ3v) is 4.80. The van der Waals surface area contributed by atoms with Gasteiger partial charge in [0.1, 0.15) is 6.04 Å². The molecule has 2 rings (SSSR count). The number of nitrogens with zero attached hydrogens (tertiary/aromatic N) is 1. The summed E-state index contributed by atoms with van der Waals surface area (Å²) in [5.74, 6) is -0.243. The van der Waals surface area contributed by atoms with Crippen molar-refractivity contribution in [3.05, 3.63) is 70.7 Å². The smallest absolute Gasteiger partial charge is 0.242 e. The maximum Gasteiger partial charge on any atom is 0.242 e. The van der Waals surface area contributed by atoms with E-state index in [1.165, 1.54) is 0 Å². The van der Waals surface area contributed by atoms with E-state index in [0.717, 1.165) is 11.1 Å². The molecule has 0 aliphatic rings. The summed E-state index contributed by atoms with van der Waals surface area (Å²) < 4.78 is 0. The molecule has 1 N–H and O–H groups in total. The van der Waals surface area contributed by atoms with E-state index in [1.54, 1.807) is 17.9 Å². The predicted molar refractivity (Wildman–Crippen MR) is 114 cm³/mol. The monoisotopic (exact) mass is 400 g/mol. The number of nitrogens with one attached hydrogen (secondary N) is 1. The molecule has 0 bridgehead atoms. The van der Waals surface area contributed by atoms with Gasteiger partial charge in [0.05, 0.1) is 0 Å². The van der Waals surface area contributed by atoms with Gasteiger partial charge in [0, 0.05) is 23.5 Å². The average Bonchev–Trinajstić information content (AvgIpc) is 2.64. The normalized spacial score (nSPS) is 12.3. The Balaban J connectivity index is 2.18. The van der Waals surface area contributed by atoms with Crippen molar-refractivity contribution in [3.8, 4) is 0 Å². The van der Waals surface area contributed by atoms with Gasteiger partial charge in [-0.15, -0.1) is 0 Å². The van der Waals surface area contributed by atoms with Crippen LogP contribution < -0.4 is 5.32 Å². The molecule has 0 aromatic heterocycles. The zero-order valence-corrected chi connectivity index (χ0v) is 17.8. The minimum atomic E-state index is -0.598. The quantitative estimate of drug-likeness (QED) is 0.738. The lowest BCUT2D eigenvalue weighted by atomic mass is 10.1. The summed E-state index contributed by atoms with van der Waals surface area (Å²) in [5.41, 5.74) is 1.56. The van der Waals surface area contributed by atoms with E-state index in [9.17, 15) is 9.59 Å². The summed E-state index contributed by atoms with van der Waals surface area (Å²) in [5, 5.41) is 3.55. The van der Waals surface area contributed by atoms with Crippen LogP contribution in [0.15, 0.2) is 54.6 Å².